The molecule has 0 spiro atoms. The molecule has 1 aliphatic carbocycles. The van der Waals surface area contributed by atoms with E-state index in [0.29, 0.717) is 17.4 Å². The molecule has 1 aliphatic rings. The molecule has 0 saturated carbocycles. The first kappa shape index (κ1) is 21.0. The number of ether oxygens (including phenoxy) is 2. The number of halogens is 3. The maximum atomic E-state index is 12.4. The van der Waals surface area contributed by atoms with Gasteiger partial charge in [-0.3, -0.25) is 4.79 Å². The molecule has 0 bridgehead atoms. The lowest BCUT2D eigenvalue weighted by Crippen LogP contribution is -2.26. The van der Waals surface area contributed by atoms with E-state index < -0.39 is 6.36 Å². The summed E-state index contributed by atoms with van der Waals surface area (Å²) in [5.74, 6) is 1.16. The number of nitrogens with zero attached hydrogens (tertiary/aromatic N) is 1. The number of aryl methyl sites for hydroxylation is 1. The summed E-state index contributed by atoms with van der Waals surface area (Å²) in [6, 6.07) is 14.3. The summed E-state index contributed by atoms with van der Waals surface area (Å²) in [7, 11) is 0. The number of hydrogen-bond acceptors (Lipinski definition) is 3. The minimum absolute atomic E-state index is 0.105. The normalized spacial score (nSPS) is 16.0. The van der Waals surface area contributed by atoms with E-state index in [9.17, 15) is 18.0 Å². The Kier molecular flexibility index (Phi) is 5.52. The molecule has 3 aromatic rings. The second kappa shape index (κ2) is 8.13. The number of alkyl halides is 3. The van der Waals surface area contributed by atoms with Gasteiger partial charge in [-0.2, -0.15) is 0 Å². The first-order valence-electron chi connectivity index (χ1n) is 10.1. The molecule has 1 atom stereocenters. The average Bonchev–Trinajstić information content (AvgIpc) is 2.69. The third-order valence-corrected chi connectivity index (χ3v) is 5.43. The van der Waals surface area contributed by atoms with Gasteiger partial charge in [0.1, 0.15) is 17.2 Å². The standard InChI is InChI=1S/C24H22F3NO3/c1-15-3-12-21-22(13-15)28(16(2)14-23(21)29)17-4-6-18(7-5-17)30-19-8-10-20(11-9-19)31-24(25,26)27/h4-11,14-15H,3,12-13H2,1-2H3. The summed E-state index contributed by atoms with van der Waals surface area (Å²) < 4.78 is 48.5. The number of pyridine rings is 1. The van der Waals surface area contributed by atoms with Crippen molar-refractivity contribution < 1.29 is 22.6 Å². The summed E-state index contributed by atoms with van der Waals surface area (Å²) in [5.41, 5.74) is 3.88. The van der Waals surface area contributed by atoms with Gasteiger partial charge in [0.05, 0.1) is 0 Å². The van der Waals surface area contributed by atoms with E-state index >= 15 is 0 Å². The van der Waals surface area contributed by atoms with Crippen molar-refractivity contribution in [3.8, 4) is 22.9 Å². The topological polar surface area (TPSA) is 40.5 Å². The van der Waals surface area contributed by atoms with Crippen LogP contribution in [0.5, 0.6) is 17.2 Å². The molecular weight excluding hydrogens is 407 g/mol. The fraction of sp³-hybridized carbons (Fsp3) is 0.292. The van der Waals surface area contributed by atoms with Crippen LogP contribution in [-0.2, 0) is 12.8 Å². The maximum Gasteiger partial charge on any atom is 0.573 e. The number of hydrogen-bond donors (Lipinski definition) is 0. The molecule has 0 saturated heterocycles. The van der Waals surface area contributed by atoms with E-state index in [-0.39, 0.29) is 11.2 Å². The Morgan fingerprint density at radius 2 is 1.55 bits per heavy atom. The van der Waals surface area contributed by atoms with Crippen molar-refractivity contribution in [3.05, 3.63) is 81.8 Å². The van der Waals surface area contributed by atoms with Crippen LogP contribution in [0.15, 0.2) is 59.4 Å². The van der Waals surface area contributed by atoms with Crippen LogP contribution in [0, 0.1) is 12.8 Å². The van der Waals surface area contributed by atoms with Crippen LogP contribution in [-0.4, -0.2) is 10.9 Å². The zero-order chi connectivity index (χ0) is 22.2. The van der Waals surface area contributed by atoms with Gasteiger partial charge in [-0.15, -0.1) is 13.2 Å². The van der Waals surface area contributed by atoms with Crippen LogP contribution >= 0.6 is 0 Å². The van der Waals surface area contributed by atoms with E-state index in [1.54, 1.807) is 18.2 Å². The molecule has 4 nitrogen and oxygen atoms in total. The van der Waals surface area contributed by atoms with Crippen molar-refractivity contribution in [2.75, 3.05) is 0 Å². The molecule has 0 aliphatic heterocycles. The van der Waals surface area contributed by atoms with Crippen LogP contribution in [0.4, 0.5) is 13.2 Å². The van der Waals surface area contributed by atoms with E-state index in [0.717, 1.165) is 41.9 Å². The molecule has 0 amide bonds. The zero-order valence-electron chi connectivity index (χ0n) is 17.2. The van der Waals surface area contributed by atoms with Crippen molar-refractivity contribution in [2.45, 2.75) is 39.5 Å². The summed E-state index contributed by atoms with van der Waals surface area (Å²) in [6.45, 7) is 4.12. The van der Waals surface area contributed by atoms with Crippen LogP contribution in [0.3, 0.4) is 0 Å². The molecule has 1 heterocycles. The Balaban J connectivity index is 1.56. The lowest BCUT2D eigenvalue weighted by molar-refractivity contribution is -0.274. The predicted molar refractivity (Wildman–Crippen MR) is 111 cm³/mol. The number of benzene rings is 2. The Morgan fingerprint density at radius 1 is 0.968 bits per heavy atom. The van der Waals surface area contributed by atoms with Gasteiger partial charge < -0.3 is 14.0 Å². The van der Waals surface area contributed by atoms with E-state index in [1.165, 1.54) is 24.3 Å². The third-order valence-electron chi connectivity index (χ3n) is 5.43. The van der Waals surface area contributed by atoms with Crippen molar-refractivity contribution in [1.29, 1.82) is 0 Å². The van der Waals surface area contributed by atoms with Gasteiger partial charge in [0.15, 0.2) is 5.43 Å². The van der Waals surface area contributed by atoms with Crippen molar-refractivity contribution in [3.63, 3.8) is 0 Å². The lowest BCUT2D eigenvalue weighted by Gasteiger charge is -2.26. The second-order valence-corrected chi connectivity index (χ2v) is 7.87. The van der Waals surface area contributed by atoms with Crippen LogP contribution < -0.4 is 14.9 Å². The predicted octanol–water partition coefficient (Wildman–Crippen LogP) is 5.96. The highest BCUT2D eigenvalue weighted by Gasteiger charge is 2.31. The highest BCUT2D eigenvalue weighted by Crippen LogP contribution is 2.30. The fourth-order valence-corrected chi connectivity index (χ4v) is 4.00. The van der Waals surface area contributed by atoms with Crippen LogP contribution in [0.1, 0.15) is 30.3 Å². The number of aromatic nitrogens is 1. The minimum atomic E-state index is -4.73. The summed E-state index contributed by atoms with van der Waals surface area (Å²) in [5, 5.41) is 0. The van der Waals surface area contributed by atoms with E-state index in [2.05, 4.69) is 16.2 Å². The molecule has 0 radical (unpaired) electrons. The van der Waals surface area contributed by atoms with Crippen molar-refractivity contribution in [2.24, 2.45) is 5.92 Å². The summed E-state index contributed by atoms with van der Waals surface area (Å²) >= 11 is 0. The molecule has 7 heteroatoms. The van der Waals surface area contributed by atoms with Crippen LogP contribution in [0.2, 0.25) is 0 Å². The number of rotatable bonds is 4. The summed E-state index contributed by atoms with van der Waals surface area (Å²) in [4.78, 5) is 12.4. The lowest BCUT2D eigenvalue weighted by atomic mass is 9.87. The van der Waals surface area contributed by atoms with Crippen molar-refractivity contribution in [1.82, 2.24) is 4.57 Å². The SMILES string of the molecule is Cc1cc(=O)c2c(n1-c1ccc(Oc3ccc(OC(F)(F)F)cc3)cc1)CC(C)CC2. The molecule has 0 fully saturated rings. The highest BCUT2D eigenvalue weighted by molar-refractivity contribution is 5.44. The molecule has 1 aromatic heterocycles. The maximum absolute atomic E-state index is 12.4. The quantitative estimate of drug-likeness (QED) is 0.514. The molecule has 0 N–H and O–H groups in total. The average molecular weight is 429 g/mol. The van der Waals surface area contributed by atoms with Gasteiger partial charge in [0, 0.05) is 28.7 Å². The smallest absolute Gasteiger partial charge is 0.457 e. The zero-order valence-corrected chi connectivity index (χ0v) is 17.2. The molecular formula is C24H22F3NO3. The highest BCUT2D eigenvalue weighted by atomic mass is 19.4. The van der Waals surface area contributed by atoms with Gasteiger partial charge in [-0.25, -0.2) is 0 Å². The van der Waals surface area contributed by atoms with Gasteiger partial charge in [0.25, 0.3) is 0 Å². The van der Waals surface area contributed by atoms with Gasteiger partial charge in [0.2, 0.25) is 0 Å². The molecule has 1 unspecified atom stereocenters. The molecule has 162 valence electrons. The monoisotopic (exact) mass is 429 g/mol. The largest absolute Gasteiger partial charge is 0.573 e. The second-order valence-electron chi connectivity index (χ2n) is 7.87. The Morgan fingerprint density at radius 3 is 2.16 bits per heavy atom. The van der Waals surface area contributed by atoms with Crippen molar-refractivity contribution >= 4 is 0 Å². The van der Waals surface area contributed by atoms with Crippen LogP contribution in [0.25, 0.3) is 5.69 Å². The molecule has 4 rings (SSSR count). The Bertz CT molecular complexity index is 1130. The fourth-order valence-electron chi connectivity index (χ4n) is 4.00. The first-order valence-corrected chi connectivity index (χ1v) is 10.1. The number of fused-ring (bicyclic) bond motifs is 1. The first-order chi connectivity index (χ1) is 14.7. The van der Waals surface area contributed by atoms with Gasteiger partial charge in [-0.1, -0.05) is 6.92 Å². The van der Waals surface area contributed by atoms with Gasteiger partial charge >= 0.3 is 6.36 Å². The minimum Gasteiger partial charge on any atom is -0.457 e. The van der Waals surface area contributed by atoms with E-state index in [4.69, 9.17) is 4.74 Å². The Labute approximate surface area is 177 Å². The van der Waals surface area contributed by atoms with Gasteiger partial charge in [-0.05, 0) is 80.6 Å². The van der Waals surface area contributed by atoms with E-state index in [1.807, 2.05) is 19.1 Å². The third kappa shape index (κ3) is 4.76. The molecule has 31 heavy (non-hydrogen) atoms. The summed E-state index contributed by atoms with van der Waals surface area (Å²) in [6.07, 6.45) is -2.05. The Hall–Kier alpha value is -3.22. The molecule has 2 aromatic carbocycles.